The first-order valence-corrected chi connectivity index (χ1v) is 10.4. The van der Waals surface area contributed by atoms with Crippen LogP contribution in [-0.2, 0) is 11.3 Å². The van der Waals surface area contributed by atoms with Crippen LogP contribution in [0.5, 0.6) is 5.75 Å². The largest absolute Gasteiger partial charge is 0.507 e. The standard InChI is InChI=1S/C21H21N3O5S/c1-12(25)22-21-23-16(11-30-21)17-3-2-8-24(17)10-14-5-7-19(29-14)13-4-6-15(20(27)28)18(26)9-13/h4-7,9,11,17,26H,2-3,8,10H2,1H3,(H,27,28)(H,22,23,25)/t17-/m0/s1. The van der Waals surface area contributed by atoms with Crippen LogP contribution in [0.4, 0.5) is 5.13 Å². The van der Waals surface area contributed by atoms with Gasteiger partial charge in [-0.05, 0) is 43.7 Å². The SMILES string of the molecule is CC(=O)Nc1nc([C@@H]2CCCN2Cc2ccc(-c3ccc(C(=O)O)c(O)c3)o2)cs1. The number of carbonyl (C=O) groups excluding carboxylic acids is 1. The van der Waals surface area contributed by atoms with Gasteiger partial charge in [0.25, 0.3) is 0 Å². The molecule has 0 saturated carbocycles. The van der Waals surface area contributed by atoms with Crippen molar-refractivity contribution in [3.8, 4) is 17.1 Å². The van der Waals surface area contributed by atoms with Gasteiger partial charge in [0, 0.05) is 17.9 Å². The van der Waals surface area contributed by atoms with E-state index in [-0.39, 0.29) is 23.3 Å². The van der Waals surface area contributed by atoms with E-state index in [1.54, 1.807) is 6.07 Å². The fourth-order valence-corrected chi connectivity index (χ4v) is 4.48. The summed E-state index contributed by atoms with van der Waals surface area (Å²) in [6.07, 6.45) is 2.04. The van der Waals surface area contributed by atoms with Crippen LogP contribution in [0, 0.1) is 0 Å². The van der Waals surface area contributed by atoms with Crippen molar-refractivity contribution in [1.82, 2.24) is 9.88 Å². The first-order chi connectivity index (χ1) is 14.4. The lowest BCUT2D eigenvalue weighted by atomic mass is 10.1. The minimum Gasteiger partial charge on any atom is -0.507 e. The van der Waals surface area contributed by atoms with Crippen LogP contribution < -0.4 is 5.32 Å². The number of anilines is 1. The van der Waals surface area contributed by atoms with Gasteiger partial charge in [-0.1, -0.05) is 6.07 Å². The number of nitrogens with zero attached hydrogens (tertiary/aromatic N) is 2. The molecule has 0 aliphatic carbocycles. The molecular formula is C21H21N3O5S. The van der Waals surface area contributed by atoms with Gasteiger partial charge in [0.2, 0.25) is 5.91 Å². The summed E-state index contributed by atoms with van der Waals surface area (Å²) in [6, 6.07) is 8.23. The molecule has 0 radical (unpaired) electrons. The number of benzene rings is 1. The van der Waals surface area contributed by atoms with E-state index in [9.17, 15) is 14.7 Å². The van der Waals surface area contributed by atoms with Crippen molar-refractivity contribution in [1.29, 1.82) is 0 Å². The fourth-order valence-electron chi connectivity index (χ4n) is 3.68. The van der Waals surface area contributed by atoms with Gasteiger partial charge in [-0.25, -0.2) is 9.78 Å². The number of furan rings is 1. The molecule has 1 aromatic carbocycles. The number of aromatic nitrogens is 1. The van der Waals surface area contributed by atoms with E-state index in [1.165, 1.54) is 30.4 Å². The second kappa shape index (κ2) is 8.29. The Morgan fingerprint density at radius 1 is 1.33 bits per heavy atom. The van der Waals surface area contributed by atoms with Crippen LogP contribution in [0.2, 0.25) is 0 Å². The summed E-state index contributed by atoms with van der Waals surface area (Å²) < 4.78 is 5.95. The fraction of sp³-hybridized carbons (Fsp3) is 0.286. The number of carboxylic acid groups (broad SMARTS) is 1. The Labute approximate surface area is 176 Å². The number of thiazole rings is 1. The van der Waals surface area contributed by atoms with Crippen LogP contribution in [0.25, 0.3) is 11.3 Å². The smallest absolute Gasteiger partial charge is 0.339 e. The number of carboxylic acids is 1. The zero-order valence-electron chi connectivity index (χ0n) is 16.3. The van der Waals surface area contributed by atoms with Crippen molar-refractivity contribution in [3.63, 3.8) is 0 Å². The van der Waals surface area contributed by atoms with E-state index in [2.05, 4.69) is 15.2 Å². The number of hydrogen-bond acceptors (Lipinski definition) is 7. The van der Waals surface area contributed by atoms with E-state index < -0.39 is 5.97 Å². The maximum atomic E-state index is 11.2. The van der Waals surface area contributed by atoms with Crippen LogP contribution in [-0.4, -0.2) is 38.5 Å². The van der Waals surface area contributed by atoms with Crippen molar-refractivity contribution in [2.24, 2.45) is 0 Å². The van der Waals surface area contributed by atoms with Crippen molar-refractivity contribution >= 4 is 28.3 Å². The van der Waals surface area contributed by atoms with Gasteiger partial charge in [-0.15, -0.1) is 11.3 Å². The summed E-state index contributed by atoms with van der Waals surface area (Å²) in [7, 11) is 0. The van der Waals surface area contributed by atoms with Gasteiger partial charge < -0.3 is 19.9 Å². The molecule has 156 valence electrons. The number of aromatic hydroxyl groups is 1. The molecular weight excluding hydrogens is 406 g/mol. The van der Waals surface area contributed by atoms with E-state index in [4.69, 9.17) is 9.52 Å². The van der Waals surface area contributed by atoms with E-state index >= 15 is 0 Å². The summed E-state index contributed by atoms with van der Waals surface area (Å²) in [5.41, 5.74) is 1.41. The van der Waals surface area contributed by atoms with Crippen LogP contribution >= 0.6 is 11.3 Å². The van der Waals surface area contributed by atoms with Gasteiger partial charge in [-0.3, -0.25) is 9.69 Å². The Kier molecular flexibility index (Phi) is 5.56. The van der Waals surface area contributed by atoms with Crippen LogP contribution in [0.1, 0.15) is 47.6 Å². The second-order valence-corrected chi connectivity index (χ2v) is 8.05. The summed E-state index contributed by atoms with van der Waals surface area (Å²) in [5, 5.41) is 24.3. The molecule has 8 nitrogen and oxygen atoms in total. The molecule has 9 heteroatoms. The average molecular weight is 427 g/mol. The van der Waals surface area contributed by atoms with E-state index in [1.807, 2.05) is 17.5 Å². The normalized spacial score (nSPS) is 16.6. The number of hydrogen-bond donors (Lipinski definition) is 3. The average Bonchev–Trinajstić information content (AvgIpc) is 3.42. The quantitative estimate of drug-likeness (QED) is 0.542. The summed E-state index contributed by atoms with van der Waals surface area (Å²) >= 11 is 1.42. The highest BCUT2D eigenvalue weighted by Gasteiger charge is 2.29. The van der Waals surface area contributed by atoms with Gasteiger partial charge in [-0.2, -0.15) is 0 Å². The number of aromatic carboxylic acids is 1. The third kappa shape index (κ3) is 4.22. The van der Waals surface area contributed by atoms with Gasteiger partial charge in [0.05, 0.1) is 18.3 Å². The molecule has 3 N–H and O–H groups in total. The lowest BCUT2D eigenvalue weighted by molar-refractivity contribution is -0.114. The van der Waals surface area contributed by atoms with Crippen LogP contribution in [0.3, 0.4) is 0 Å². The molecule has 0 unspecified atom stereocenters. The van der Waals surface area contributed by atoms with Gasteiger partial charge in [0.1, 0.15) is 22.8 Å². The second-order valence-electron chi connectivity index (χ2n) is 7.19. The third-order valence-electron chi connectivity index (χ3n) is 5.04. The molecule has 1 amide bonds. The van der Waals surface area contributed by atoms with Crippen molar-refractivity contribution in [2.45, 2.75) is 32.4 Å². The number of nitrogens with one attached hydrogen (secondary N) is 1. The number of carbonyl (C=O) groups is 2. The molecule has 1 atom stereocenters. The Morgan fingerprint density at radius 3 is 2.90 bits per heavy atom. The molecule has 4 rings (SSSR count). The third-order valence-corrected chi connectivity index (χ3v) is 5.82. The molecule has 1 aliphatic heterocycles. The predicted octanol–water partition coefficient (Wildman–Crippen LogP) is 4.10. The monoisotopic (exact) mass is 427 g/mol. The molecule has 1 fully saturated rings. The number of phenols is 1. The summed E-state index contributed by atoms with van der Waals surface area (Å²) in [5.74, 6) is -0.269. The van der Waals surface area contributed by atoms with Crippen molar-refractivity contribution in [2.75, 3.05) is 11.9 Å². The van der Waals surface area contributed by atoms with Crippen LogP contribution in [0.15, 0.2) is 40.1 Å². The minimum absolute atomic E-state index is 0.135. The Bertz CT molecular complexity index is 1090. The van der Waals surface area contributed by atoms with Crippen molar-refractivity contribution < 1.29 is 24.2 Å². The minimum atomic E-state index is -1.18. The lowest BCUT2D eigenvalue weighted by Gasteiger charge is -2.21. The highest BCUT2D eigenvalue weighted by atomic mass is 32.1. The Balaban J connectivity index is 1.48. The molecule has 1 saturated heterocycles. The van der Waals surface area contributed by atoms with Gasteiger partial charge >= 0.3 is 5.97 Å². The molecule has 0 bridgehead atoms. The molecule has 30 heavy (non-hydrogen) atoms. The van der Waals surface area contributed by atoms with Crippen molar-refractivity contribution in [3.05, 3.63) is 52.7 Å². The zero-order chi connectivity index (χ0) is 21.3. The molecule has 3 heterocycles. The summed E-state index contributed by atoms with van der Waals surface area (Å²) in [6.45, 7) is 2.99. The number of likely N-dealkylation sites (tertiary alicyclic amines) is 1. The molecule has 0 spiro atoms. The molecule has 3 aromatic rings. The Morgan fingerprint density at radius 2 is 2.17 bits per heavy atom. The van der Waals surface area contributed by atoms with Gasteiger partial charge in [0.15, 0.2) is 5.13 Å². The Hall–Kier alpha value is -3.17. The predicted molar refractivity (Wildman–Crippen MR) is 112 cm³/mol. The topological polar surface area (TPSA) is 116 Å². The highest BCUT2D eigenvalue weighted by Crippen LogP contribution is 2.35. The first kappa shape index (κ1) is 20.1. The zero-order valence-corrected chi connectivity index (χ0v) is 17.1. The van der Waals surface area contributed by atoms with E-state index in [0.717, 1.165) is 30.8 Å². The van der Waals surface area contributed by atoms with E-state index in [0.29, 0.717) is 23.0 Å². The number of rotatable bonds is 6. The lowest BCUT2D eigenvalue weighted by Crippen LogP contribution is -2.22. The maximum Gasteiger partial charge on any atom is 0.339 e. The summed E-state index contributed by atoms with van der Waals surface area (Å²) in [4.78, 5) is 29.1. The molecule has 2 aromatic heterocycles. The molecule has 1 aliphatic rings. The first-order valence-electron chi connectivity index (χ1n) is 9.53. The maximum absolute atomic E-state index is 11.2. The number of amides is 1. The highest BCUT2D eigenvalue weighted by molar-refractivity contribution is 7.13.